The molecule has 4 rings (SSSR count). The van der Waals surface area contributed by atoms with Crippen LogP contribution < -0.4 is 15.4 Å². The van der Waals surface area contributed by atoms with Gasteiger partial charge >= 0.3 is 0 Å². The number of carbonyl (C=O) groups is 2. The van der Waals surface area contributed by atoms with Crippen LogP contribution in [0.25, 0.3) is 11.1 Å². The highest BCUT2D eigenvalue weighted by Crippen LogP contribution is 2.34. The number of halogens is 1. The Kier molecular flexibility index (Phi) is 7.11. The minimum Gasteiger partial charge on any atom is -0.494 e. The third-order valence-corrected chi connectivity index (χ3v) is 6.01. The monoisotopic (exact) mass is 488 g/mol. The fourth-order valence-corrected chi connectivity index (χ4v) is 4.19. The van der Waals surface area contributed by atoms with E-state index in [-0.39, 0.29) is 32.8 Å². The lowest BCUT2D eigenvalue weighted by Crippen LogP contribution is -2.40. The highest BCUT2D eigenvalue weighted by molar-refractivity contribution is 7.17. The van der Waals surface area contributed by atoms with Crippen LogP contribution in [0.3, 0.4) is 0 Å². The number of aromatic nitrogens is 4. The van der Waals surface area contributed by atoms with Gasteiger partial charge in [0.1, 0.15) is 10.9 Å². The Balaban J connectivity index is 1.54. The van der Waals surface area contributed by atoms with E-state index in [1.54, 1.807) is 12.1 Å². The maximum Gasteiger partial charge on any atom is 0.282 e. The van der Waals surface area contributed by atoms with Gasteiger partial charge in [0.2, 0.25) is 10.1 Å². The largest absolute Gasteiger partial charge is 0.494 e. The second-order valence-electron chi connectivity index (χ2n) is 7.33. The maximum atomic E-state index is 13.1. The molecular formula is C21H21ClN6O4S. The number of hydrogen-bond donors (Lipinski definition) is 2. The van der Waals surface area contributed by atoms with Gasteiger partial charge in [-0.05, 0) is 31.9 Å². The number of carbonyl (C=O) groups excluding carboxylic acids is 2. The van der Waals surface area contributed by atoms with Gasteiger partial charge in [0.05, 0.1) is 31.5 Å². The smallest absolute Gasteiger partial charge is 0.282 e. The van der Waals surface area contributed by atoms with Crippen molar-refractivity contribution in [2.45, 2.75) is 25.8 Å². The van der Waals surface area contributed by atoms with E-state index >= 15 is 0 Å². The van der Waals surface area contributed by atoms with E-state index in [2.05, 4.69) is 30.8 Å². The van der Waals surface area contributed by atoms with E-state index in [1.807, 2.05) is 6.92 Å². The Hall–Kier alpha value is -3.15. The number of hydrogen-bond acceptors (Lipinski definition) is 9. The first-order valence-electron chi connectivity index (χ1n) is 10.1. The molecule has 1 aliphatic rings. The lowest BCUT2D eigenvalue weighted by Gasteiger charge is -2.22. The summed E-state index contributed by atoms with van der Waals surface area (Å²) in [6, 6.07) is 3.32. The summed E-state index contributed by atoms with van der Waals surface area (Å²) in [6.07, 6.45) is 4.69. The van der Waals surface area contributed by atoms with Crippen molar-refractivity contribution in [1.82, 2.24) is 25.5 Å². The van der Waals surface area contributed by atoms with E-state index in [4.69, 9.17) is 21.1 Å². The molecule has 12 heteroatoms. The number of nitrogens with zero attached hydrogens (tertiary/aromatic N) is 4. The van der Waals surface area contributed by atoms with Gasteiger partial charge in [-0.1, -0.05) is 22.9 Å². The zero-order chi connectivity index (χ0) is 23.4. The van der Waals surface area contributed by atoms with Crippen LogP contribution in [0.5, 0.6) is 5.75 Å². The van der Waals surface area contributed by atoms with Gasteiger partial charge in [0.15, 0.2) is 0 Å². The molecule has 33 heavy (non-hydrogen) atoms. The SMILES string of the molecule is COc1cnc(Cl)cc1-c1cc(C)ncc1C(=O)Nc1nnc(C(=O)NC2CCCOC2)s1. The Morgan fingerprint density at radius 2 is 2.03 bits per heavy atom. The molecule has 1 atom stereocenters. The molecular weight excluding hydrogens is 468 g/mol. The van der Waals surface area contributed by atoms with Gasteiger partial charge in [-0.2, -0.15) is 0 Å². The molecule has 3 aromatic rings. The quantitative estimate of drug-likeness (QED) is 0.506. The van der Waals surface area contributed by atoms with Gasteiger partial charge in [0, 0.05) is 29.6 Å². The van der Waals surface area contributed by atoms with Crippen LogP contribution in [-0.4, -0.2) is 58.3 Å². The topological polar surface area (TPSA) is 128 Å². The summed E-state index contributed by atoms with van der Waals surface area (Å²) in [5, 5.41) is 14.0. The molecule has 0 bridgehead atoms. The van der Waals surface area contributed by atoms with E-state index in [1.165, 1.54) is 19.5 Å². The Morgan fingerprint density at radius 3 is 2.79 bits per heavy atom. The van der Waals surface area contributed by atoms with Crippen molar-refractivity contribution in [3.05, 3.63) is 45.9 Å². The van der Waals surface area contributed by atoms with Crippen molar-refractivity contribution in [2.24, 2.45) is 0 Å². The molecule has 1 aliphatic heterocycles. The molecule has 0 aromatic carbocycles. The van der Waals surface area contributed by atoms with Gasteiger partial charge in [-0.3, -0.25) is 19.9 Å². The molecule has 4 heterocycles. The normalized spacial score (nSPS) is 15.7. The van der Waals surface area contributed by atoms with Crippen molar-refractivity contribution >= 4 is 39.9 Å². The van der Waals surface area contributed by atoms with Crippen molar-refractivity contribution in [1.29, 1.82) is 0 Å². The summed E-state index contributed by atoms with van der Waals surface area (Å²) >= 11 is 7.07. The Bertz CT molecular complexity index is 1180. The van der Waals surface area contributed by atoms with Gasteiger partial charge in [-0.15, -0.1) is 10.2 Å². The molecule has 172 valence electrons. The zero-order valence-electron chi connectivity index (χ0n) is 17.9. The lowest BCUT2D eigenvalue weighted by atomic mass is 10.0. The molecule has 10 nitrogen and oxygen atoms in total. The number of anilines is 1. The van der Waals surface area contributed by atoms with Crippen molar-refractivity contribution in [3.63, 3.8) is 0 Å². The number of pyridine rings is 2. The Morgan fingerprint density at radius 1 is 1.18 bits per heavy atom. The summed E-state index contributed by atoms with van der Waals surface area (Å²) in [6.45, 7) is 2.99. The minimum absolute atomic E-state index is 0.0588. The van der Waals surface area contributed by atoms with E-state index in [0.29, 0.717) is 35.8 Å². The molecule has 2 amide bonds. The average Bonchev–Trinajstić information content (AvgIpc) is 3.28. The molecule has 0 spiro atoms. The second kappa shape index (κ2) is 10.2. The second-order valence-corrected chi connectivity index (χ2v) is 8.70. The number of rotatable bonds is 6. The maximum absolute atomic E-state index is 13.1. The van der Waals surface area contributed by atoms with Crippen LogP contribution in [0.1, 0.15) is 38.7 Å². The van der Waals surface area contributed by atoms with Crippen molar-refractivity contribution in [2.75, 3.05) is 25.6 Å². The van der Waals surface area contributed by atoms with E-state index < -0.39 is 5.91 Å². The highest BCUT2D eigenvalue weighted by Gasteiger charge is 2.22. The minimum atomic E-state index is -0.462. The molecule has 2 N–H and O–H groups in total. The first kappa shape index (κ1) is 23.0. The van der Waals surface area contributed by atoms with E-state index in [0.717, 1.165) is 24.2 Å². The summed E-state index contributed by atoms with van der Waals surface area (Å²) in [5.41, 5.74) is 2.15. The fourth-order valence-electron chi connectivity index (χ4n) is 3.39. The third kappa shape index (κ3) is 5.44. The molecule has 0 aliphatic carbocycles. The van der Waals surface area contributed by atoms with Crippen LogP contribution in [-0.2, 0) is 4.74 Å². The average molecular weight is 489 g/mol. The molecule has 3 aromatic heterocycles. The molecule has 0 radical (unpaired) electrons. The fraction of sp³-hybridized carbons (Fsp3) is 0.333. The summed E-state index contributed by atoms with van der Waals surface area (Å²) < 4.78 is 10.8. The lowest BCUT2D eigenvalue weighted by molar-refractivity contribution is 0.0623. The first-order valence-corrected chi connectivity index (χ1v) is 11.3. The number of amides is 2. The van der Waals surface area contributed by atoms with Crippen molar-refractivity contribution < 1.29 is 19.1 Å². The molecule has 1 saturated heterocycles. The standard InChI is InChI=1S/C21H21ClN6O4S/c1-11-6-13(14-7-17(22)24-9-16(14)31-2)15(8-23-11)18(29)26-21-28-27-20(33-21)19(30)25-12-4-3-5-32-10-12/h6-9,12H,3-5,10H2,1-2H3,(H,25,30)(H,26,28,29). The predicted molar refractivity (Wildman–Crippen MR) is 123 cm³/mol. The summed E-state index contributed by atoms with van der Waals surface area (Å²) in [4.78, 5) is 33.8. The molecule has 1 fully saturated rings. The van der Waals surface area contributed by atoms with E-state index in [9.17, 15) is 9.59 Å². The van der Waals surface area contributed by atoms with Gasteiger partial charge in [-0.25, -0.2) is 4.98 Å². The van der Waals surface area contributed by atoms with Crippen LogP contribution >= 0.6 is 22.9 Å². The zero-order valence-corrected chi connectivity index (χ0v) is 19.5. The molecule has 1 unspecified atom stereocenters. The van der Waals surface area contributed by atoms with Crippen LogP contribution in [0.2, 0.25) is 5.15 Å². The van der Waals surface area contributed by atoms with Crippen LogP contribution in [0, 0.1) is 6.92 Å². The summed E-state index contributed by atoms with van der Waals surface area (Å²) in [7, 11) is 1.51. The van der Waals surface area contributed by atoms with Gasteiger partial charge in [0.25, 0.3) is 11.8 Å². The Labute approximate surface area is 198 Å². The third-order valence-electron chi connectivity index (χ3n) is 4.96. The summed E-state index contributed by atoms with van der Waals surface area (Å²) in [5.74, 6) is -0.353. The van der Waals surface area contributed by atoms with Crippen LogP contribution in [0.4, 0.5) is 5.13 Å². The number of ether oxygens (including phenoxy) is 2. The predicted octanol–water partition coefficient (Wildman–Crippen LogP) is 3.13. The van der Waals surface area contributed by atoms with Gasteiger partial charge < -0.3 is 14.8 Å². The number of nitrogens with one attached hydrogen (secondary N) is 2. The van der Waals surface area contributed by atoms with Crippen molar-refractivity contribution in [3.8, 4) is 16.9 Å². The molecule has 0 saturated carbocycles. The first-order chi connectivity index (χ1) is 15.9. The highest BCUT2D eigenvalue weighted by atomic mass is 35.5. The number of aryl methyl sites for hydroxylation is 1. The van der Waals surface area contributed by atoms with Crippen LogP contribution in [0.15, 0.2) is 24.5 Å². The number of methoxy groups -OCH3 is 1.